The highest BCUT2D eigenvalue weighted by molar-refractivity contribution is 5.77. The molecule has 4 heteroatoms. The molecule has 1 aromatic rings. The molecule has 1 N–H and O–H groups in total. The second kappa shape index (κ2) is 6.48. The summed E-state index contributed by atoms with van der Waals surface area (Å²) in [7, 11) is 0. The van der Waals surface area contributed by atoms with Gasteiger partial charge in [-0.25, -0.2) is 0 Å². The minimum absolute atomic E-state index is 0.0219. The molecule has 1 aliphatic heterocycles. The van der Waals surface area contributed by atoms with Crippen molar-refractivity contribution in [3.05, 3.63) is 29.3 Å². The second-order valence-electron chi connectivity index (χ2n) is 6.10. The van der Waals surface area contributed by atoms with Crippen LogP contribution in [-0.4, -0.2) is 42.2 Å². The van der Waals surface area contributed by atoms with Crippen LogP contribution in [0.2, 0.25) is 0 Å². The number of benzene rings is 1. The van der Waals surface area contributed by atoms with E-state index in [9.17, 15) is 9.90 Å². The van der Waals surface area contributed by atoms with Gasteiger partial charge in [-0.2, -0.15) is 0 Å². The molecule has 0 spiro atoms. The number of likely N-dealkylation sites (tertiary alicyclic amines) is 1. The Balaban J connectivity index is 1.53. The molecule has 1 fully saturated rings. The van der Waals surface area contributed by atoms with E-state index in [0.29, 0.717) is 6.54 Å². The largest absolute Gasteiger partial charge is 0.484 e. The lowest BCUT2D eigenvalue weighted by atomic mass is 9.99. The van der Waals surface area contributed by atoms with Crippen LogP contribution in [0.3, 0.4) is 0 Å². The lowest BCUT2D eigenvalue weighted by molar-refractivity contribution is -0.135. The maximum Gasteiger partial charge on any atom is 0.260 e. The van der Waals surface area contributed by atoms with Gasteiger partial charge >= 0.3 is 0 Å². The molecule has 1 atom stereocenters. The number of carbonyl (C=O) groups is 1. The summed E-state index contributed by atoms with van der Waals surface area (Å²) in [5, 5.41) is 9.22. The average Bonchev–Trinajstić information content (AvgIpc) is 3.00. The van der Waals surface area contributed by atoms with Gasteiger partial charge in [0.2, 0.25) is 0 Å². The van der Waals surface area contributed by atoms with E-state index in [2.05, 4.69) is 12.1 Å². The Kier molecular flexibility index (Phi) is 4.44. The first-order valence-electron chi connectivity index (χ1n) is 7.89. The van der Waals surface area contributed by atoms with Gasteiger partial charge in [-0.1, -0.05) is 6.07 Å². The summed E-state index contributed by atoms with van der Waals surface area (Å²) in [6.07, 6.45) is 5.46. The number of aliphatic hydroxyl groups is 1. The zero-order valence-corrected chi connectivity index (χ0v) is 12.4. The van der Waals surface area contributed by atoms with Crippen LogP contribution in [0.5, 0.6) is 5.75 Å². The van der Waals surface area contributed by atoms with E-state index >= 15 is 0 Å². The molecule has 1 amide bonds. The van der Waals surface area contributed by atoms with Crippen molar-refractivity contribution in [2.75, 3.05) is 26.3 Å². The number of hydrogen-bond donors (Lipinski definition) is 1. The Bertz CT molecular complexity index is 515. The lowest BCUT2D eigenvalue weighted by Crippen LogP contribution is -2.43. The topological polar surface area (TPSA) is 49.8 Å². The summed E-state index contributed by atoms with van der Waals surface area (Å²) in [5.74, 6) is 1.04. The molecule has 1 saturated heterocycles. The molecule has 1 unspecified atom stereocenters. The van der Waals surface area contributed by atoms with Gasteiger partial charge in [-0.15, -0.1) is 0 Å². The third-order valence-electron chi connectivity index (χ3n) is 4.56. The van der Waals surface area contributed by atoms with E-state index in [-0.39, 0.29) is 25.0 Å². The van der Waals surface area contributed by atoms with Crippen LogP contribution in [0, 0.1) is 5.92 Å². The number of amides is 1. The SMILES string of the molecule is O=C(COc1ccc2c(c1)CCC2)N1CCCC(CO)C1. The van der Waals surface area contributed by atoms with Crippen molar-refractivity contribution in [3.8, 4) is 5.75 Å². The Morgan fingerprint density at radius 3 is 3.00 bits per heavy atom. The highest BCUT2D eigenvalue weighted by Crippen LogP contribution is 2.26. The van der Waals surface area contributed by atoms with Crippen LogP contribution in [0.15, 0.2) is 18.2 Å². The summed E-state index contributed by atoms with van der Waals surface area (Å²) in [5.41, 5.74) is 2.77. The molecular weight excluding hydrogens is 266 g/mol. The van der Waals surface area contributed by atoms with Crippen LogP contribution >= 0.6 is 0 Å². The number of rotatable bonds is 4. The van der Waals surface area contributed by atoms with Crippen LogP contribution in [-0.2, 0) is 17.6 Å². The standard InChI is InChI=1S/C17H23NO3/c19-11-13-3-2-8-18(10-13)17(20)12-21-16-7-6-14-4-1-5-15(14)9-16/h6-7,9,13,19H,1-5,8,10-12H2. The minimum atomic E-state index is 0.0219. The van der Waals surface area contributed by atoms with Crippen molar-refractivity contribution in [1.29, 1.82) is 0 Å². The molecule has 0 aromatic heterocycles. The van der Waals surface area contributed by atoms with Crippen molar-refractivity contribution in [2.45, 2.75) is 32.1 Å². The summed E-state index contributed by atoms with van der Waals surface area (Å²) in [6.45, 7) is 1.69. The first-order valence-corrected chi connectivity index (χ1v) is 7.89. The van der Waals surface area contributed by atoms with Gasteiger partial charge in [0.15, 0.2) is 6.61 Å². The number of hydrogen-bond acceptors (Lipinski definition) is 3. The molecule has 0 bridgehead atoms. The summed E-state index contributed by atoms with van der Waals surface area (Å²) in [4.78, 5) is 14.0. The minimum Gasteiger partial charge on any atom is -0.484 e. The van der Waals surface area contributed by atoms with E-state index in [1.807, 2.05) is 11.0 Å². The van der Waals surface area contributed by atoms with E-state index in [1.165, 1.54) is 17.5 Å². The normalized spacial score (nSPS) is 21.2. The molecule has 0 saturated carbocycles. The maximum absolute atomic E-state index is 12.2. The summed E-state index contributed by atoms with van der Waals surface area (Å²) in [6, 6.07) is 6.15. The Hall–Kier alpha value is -1.55. The van der Waals surface area contributed by atoms with Crippen LogP contribution in [0.25, 0.3) is 0 Å². The maximum atomic E-state index is 12.2. The third-order valence-corrected chi connectivity index (χ3v) is 4.56. The number of aryl methyl sites for hydroxylation is 2. The van der Waals surface area contributed by atoms with Gasteiger partial charge in [0.25, 0.3) is 5.91 Å². The monoisotopic (exact) mass is 289 g/mol. The fourth-order valence-electron chi connectivity index (χ4n) is 3.31. The average molecular weight is 289 g/mol. The van der Waals surface area contributed by atoms with Gasteiger partial charge in [-0.3, -0.25) is 4.79 Å². The van der Waals surface area contributed by atoms with Crippen molar-refractivity contribution < 1.29 is 14.6 Å². The predicted octanol–water partition coefficient (Wildman–Crippen LogP) is 1.78. The smallest absolute Gasteiger partial charge is 0.260 e. The van der Waals surface area contributed by atoms with Gasteiger partial charge < -0.3 is 14.7 Å². The molecule has 1 heterocycles. The number of piperidine rings is 1. The molecule has 1 aromatic carbocycles. The predicted molar refractivity (Wildman–Crippen MR) is 80.4 cm³/mol. The van der Waals surface area contributed by atoms with Crippen molar-refractivity contribution in [1.82, 2.24) is 4.90 Å². The van der Waals surface area contributed by atoms with Crippen LogP contribution < -0.4 is 4.74 Å². The van der Waals surface area contributed by atoms with Gasteiger partial charge in [0.1, 0.15) is 5.75 Å². The molecule has 4 nitrogen and oxygen atoms in total. The zero-order chi connectivity index (χ0) is 14.7. The van der Waals surface area contributed by atoms with Crippen molar-refractivity contribution in [3.63, 3.8) is 0 Å². The Labute approximate surface area is 125 Å². The highest BCUT2D eigenvalue weighted by atomic mass is 16.5. The number of fused-ring (bicyclic) bond motifs is 1. The van der Waals surface area contributed by atoms with E-state index in [1.54, 1.807) is 0 Å². The van der Waals surface area contributed by atoms with E-state index in [0.717, 1.165) is 38.0 Å². The zero-order valence-electron chi connectivity index (χ0n) is 12.4. The van der Waals surface area contributed by atoms with Gasteiger partial charge in [0.05, 0.1) is 0 Å². The highest BCUT2D eigenvalue weighted by Gasteiger charge is 2.23. The lowest BCUT2D eigenvalue weighted by Gasteiger charge is -2.31. The summed E-state index contributed by atoms with van der Waals surface area (Å²) >= 11 is 0. The van der Waals surface area contributed by atoms with Crippen molar-refractivity contribution in [2.24, 2.45) is 5.92 Å². The molecule has 0 radical (unpaired) electrons. The Morgan fingerprint density at radius 2 is 2.14 bits per heavy atom. The molecule has 114 valence electrons. The van der Waals surface area contributed by atoms with E-state index in [4.69, 9.17) is 4.74 Å². The van der Waals surface area contributed by atoms with Crippen molar-refractivity contribution >= 4 is 5.91 Å². The Morgan fingerprint density at radius 1 is 1.29 bits per heavy atom. The van der Waals surface area contributed by atoms with Gasteiger partial charge in [-0.05, 0) is 61.3 Å². The van der Waals surface area contributed by atoms with Crippen LogP contribution in [0.1, 0.15) is 30.4 Å². The van der Waals surface area contributed by atoms with Crippen LogP contribution in [0.4, 0.5) is 0 Å². The fraction of sp³-hybridized carbons (Fsp3) is 0.588. The molecule has 1 aliphatic carbocycles. The molecular formula is C17H23NO3. The first kappa shape index (κ1) is 14.4. The number of aliphatic hydroxyl groups excluding tert-OH is 1. The molecule has 2 aliphatic rings. The number of nitrogens with zero attached hydrogens (tertiary/aromatic N) is 1. The number of ether oxygens (including phenoxy) is 1. The second-order valence-corrected chi connectivity index (χ2v) is 6.10. The summed E-state index contributed by atoms with van der Waals surface area (Å²) < 4.78 is 5.66. The quantitative estimate of drug-likeness (QED) is 0.919. The first-order chi connectivity index (χ1) is 10.3. The molecule has 3 rings (SSSR count). The molecule has 21 heavy (non-hydrogen) atoms. The fourth-order valence-corrected chi connectivity index (χ4v) is 3.31. The van der Waals surface area contributed by atoms with Gasteiger partial charge in [0, 0.05) is 19.7 Å². The van der Waals surface area contributed by atoms with E-state index < -0.39 is 0 Å². The number of carbonyl (C=O) groups excluding carboxylic acids is 1. The third kappa shape index (κ3) is 3.38.